The molecule has 3 aromatic rings. The predicted octanol–water partition coefficient (Wildman–Crippen LogP) is 3.84. The fourth-order valence-electron chi connectivity index (χ4n) is 3.49. The van der Waals surface area contributed by atoms with E-state index >= 15 is 0 Å². The van der Waals surface area contributed by atoms with Crippen LogP contribution in [0.2, 0.25) is 0 Å². The number of rotatable bonds is 5. The van der Waals surface area contributed by atoms with Crippen molar-refractivity contribution >= 4 is 21.4 Å². The highest BCUT2D eigenvalue weighted by Crippen LogP contribution is 2.37. The molecule has 154 valence electrons. The van der Waals surface area contributed by atoms with Crippen molar-refractivity contribution in [3.05, 3.63) is 89.7 Å². The summed E-state index contributed by atoms with van der Waals surface area (Å²) in [5, 5.41) is 11.7. The molecule has 1 aliphatic rings. The van der Waals surface area contributed by atoms with Gasteiger partial charge in [0.15, 0.2) is 0 Å². The monoisotopic (exact) mass is 425 g/mol. The molecule has 0 spiro atoms. The van der Waals surface area contributed by atoms with E-state index in [1.54, 1.807) is 30.3 Å². The van der Waals surface area contributed by atoms with Crippen molar-refractivity contribution in [1.29, 1.82) is 0 Å². The van der Waals surface area contributed by atoms with Gasteiger partial charge in [0, 0.05) is 12.0 Å². The van der Waals surface area contributed by atoms with Gasteiger partial charge in [-0.05, 0) is 54.1 Å². The Hall–Kier alpha value is -3.23. The lowest BCUT2D eigenvalue weighted by atomic mass is 9.98. The number of hydrazone groups is 1. The van der Waals surface area contributed by atoms with E-state index in [0.717, 1.165) is 16.8 Å². The Morgan fingerprint density at radius 1 is 1.07 bits per heavy atom. The topological polar surface area (TPSA) is 85.0 Å². The number of nitrogens with two attached hydrogens (primary N) is 1. The number of methoxy groups -OCH3 is 1. The van der Waals surface area contributed by atoms with E-state index in [-0.39, 0.29) is 16.8 Å². The average molecular weight is 425 g/mol. The van der Waals surface area contributed by atoms with Crippen molar-refractivity contribution in [3.8, 4) is 5.75 Å². The first kappa shape index (κ1) is 20.1. The molecule has 0 radical (unpaired) electrons. The lowest BCUT2D eigenvalue weighted by molar-refractivity contribution is 0.414. The number of ether oxygens (including phenoxy) is 1. The number of hydrogen-bond acceptors (Lipinski definition) is 5. The maximum absolute atomic E-state index is 13.9. The minimum Gasteiger partial charge on any atom is -0.497 e. The standard InChI is InChI=1S/C22H20FN3O3S/c1-29-19-7-3-4-15(13-19)21-14-22(16-5-2-6-17(23)12-16)26(25-21)18-8-10-20(11-9-18)30(24,27)28/h2-13,22H,14H2,1H3,(H2,24,27,28). The first-order valence-electron chi connectivity index (χ1n) is 9.24. The van der Waals surface area contributed by atoms with Gasteiger partial charge in [-0.15, -0.1) is 0 Å². The SMILES string of the molecule is COc1cccc(C2=NN(c3ccc(S(N)(=O)=O)cc3)C(c3cccc(F)c3)C2)c1. The Bertz CT molecular complexity index is 1210. The maximum atomic E-state index is 13.9. The molecule has 3 aromatic carbocycles. The molecule has 0 saturated carbocycles. The van der Waals surface area contributed by atoms with Crippen LogP contribution in [-0.4, -0.2) is 21.2 Å². The third-order valence-electron chi connectivity index (χ3n) is 4.98. The minimum absolute atomic E-state index is 0.0183. The second-order valence-corrected chi connectivity index (χ2v) is 8.50. The number of primary sulfonamides is 1. The molecule has 2 N–H and O–H groups in total. The van der Waals surface area contributed by atoms with Crippen LogP contribution in [0.15, 0.2) is 82.8 Å². The van der Waals surface area contributed by atoms with E-state index in [4.69, 9.17) is 15.0 Å². The highest BCUT2D eigenvalue weighted by molar-refractivity contribution is 7.89. The summed E-state index contributed by atoms with van der Waals surface area (Å²) < 4.78 is 42.3. The molecule has 0 fully saturated rings. The molecular formula is C22H20FN3O3S. The summed E-state index contributed by atoms with van der Waals surface area (Å²) in [5.41, 5.74) is 3.17. The molecule has 30 heavy (non-hydrogen) atoms. The van der Waals surface area contributed by atoms with Gasteiger partial charge in [-0.1, -0.05) is 24.3 Å². The zero-order valence-electron chi connectivity index (χ0n) is 16.2. The summed E-state index contributed by atoms with van der Waals surface area (Å²) in [6.45, 7) is 0. The Kier molecular flexibility index (Phi) is 5.27. The summed E-state index contributed by atoms with van der Waals surface area (Å²) >= 11 is 0. The largest absolute Gasteiger partial charge is 0.497 e. The van der Waals surface area contributed by atoms with Crippen molar-refractivity contribution in [2.24, 2.45) is 10.2 Å². The Morgan fingerprint density at radius 3 is 2.47 bits per heavy atom. The number of hydrogen-bond donors (Lipinski definition) is 1. The van der Waals surface area contributed by atoms with E-state index in [2.05, 4.69) is 0 Å². The van der Waals surface area contributed by atoms with E-state index in [9.17, 15) is 12.8 Å². The van der Waals surface area contributed by atoms with Crippen LogP contribution in [0, 0.1) is 5.82 Å². The summed E-state index contributed by atoms with van der Waals surface area (Å²) in [6, 6.07) is 19.9. The lowest BCUT2D eigenvalue weighted by Gasteiger charge is -2.24. The van der Waals surface area contributed by atoms with Gasteiger partial charge in [-0.3, -0.25) is 5.01 Å². The van der Waals surface area contributed by atoms with Crippen LogP contribution in [0.1, 0.15) is 23.6 Å². The molecule has 1 aliphatic heterocycles. The van der Waals surface area contributed by atoms with Gasteiger partial charge in [0.1, 0.15) is 11.6 Å². The highest BCUT2D eigenvalue weighted by Gasteiger charge is 2.30. The van der Waals surface area contributed by atoms with Crippen LogP contribution in [0.25, 0.3) is 0 Å². The first-order valence-corrected chi connectivity index (χ1v) is 10.8. The van der Waals surface area contributed by atoms with Crippen LogP contribution in [0.5, 0.6) is 5.75 Å². The zero-order valence-corrected chi connectivity index (χ0v) is 17.0. The summed E-state index contributed by atoms with van der Waals surface area (Å²) in [6.07, 6.45) is 0.549. The number of benzene rings is 3. The molecule has 6 nitrogen and oxygen atoms in total. The lowest BCUT2D eigenvalue weighted by Crippen LogP contribution is -2.19. The second kappa shape index (κ2) is 7.89. The molecule has 0 bridgehead atoms. The minimum atomic E-state index is -3.79. The zero-order chi connectivity index (χ0) is 21.3. The van der Waals surface area contributed by atoms with Crippen LogP contribution in [0.3, 0.4) is 0 Å². The normalized spacial score (nSPS) is 16.4. The van der Waals surface area contributed by atoms with Gasteiger partial charge >= 0.3 is 0 Å². The van der Waals surface area contributed by atoms with Gasteiger partial charge in [-0.25, -0.2) is 17.9 Å². The quantitative estimate of drug-likeness (QED) is 0.673. The van der Waals surface area contributed by atoms with Crippen LogP contribution < -0.4 is 14.9 Å². The third-order valence-corrected chi connectivity index (χ3v) is 5.91. The number of nitrogens with zero attached hydrogens (tertiary/aromatic N) is 2. The number of anilines is 1. The van der Waals surface area contributed by atoms with E-state index in [0.29, 0.717) is 17.9 Å². The fraction of sp³-hybridized carbons (Fsp3) is 0.136. The van der Waals surface area contributed by atoms with Crippen molar-refractivity contribution < 1.29 is 17.5 Å². The summed E-state index contributed by atoms with van der Waals surface area (Å²) in [4.78, 5) is 0.0183. The molecule has 0 aliphatic carbocycles. The van der Waals surface area contributed by atoms with E-state index < -0.39 is 10.0 Å². The van der Waals surface area contributed by atoms with Crippen LogP contribution in [0.4, 0.5) is 10.1 Å². The van der Waals surface area contributed by atoms with Crippen molar-refractivity contribution in [1.82, 2.24) is 0 Å². The Balaban J connectivity index is 1.76. The Labute approximate surface area is 174 Å². The molecule has 0 amide bonds. The molecule has 1 atom stereocenters. The van der Waals surface area contributed by atoms with Crippen molar-refractivity contribution in [2.75, 3.05) is 12.1 Å². The maximum Gasteiger partial charge on any atom is 0.238 e. The third kappa shape index (κ3) is 4.05. The van der Waals surface area contributed by atoms with Crippen molar-refractivity contribution in [3.63, 3.8) is 0 Å². The first-order chi connectivity index (χ1) is 14.3. The van der Waals surface area contributed by atoms with Crippen LogP contribution >= 0.6 is 0 Å². The van der Waals surface area contributed by atoms with E-state index in [1.807, 2.05) is 30.3 Å². The van der Waals surface area contributed by atoms with Gasteiger partial charge in [0.05, 0.1) is 29.4 Å². The number of halogens is 1. The predicted molar refractivity (Wildman–Crippen MR) is 114 cm³/mol. The van der Waals surface area contributed by atoms with Gasteiger partial charge < -0.3 is 4.74 Å². The molecule has 8 heteroatoms. The van der Waals surface area contributed by atoms with Crippen molar-refractivity contribution in [2.45, 2.75) is 17.4 Å². The molecule has 4 rings (SSSR count). The molecular weight excluding hydrogens is 405 g/mol. The summed E-state index contributed by atoms with van der Waals surface area (Å²) in [7, 11) is -2.19. The fourth-order valence-corrected chi connectivity index (χ4v) is 4.00. The molecule has 0 saturated heterocycles. The van der Waals surface area contributed by atoms with Gasteiger partial charge in [0.2, 0.25) is 10.0 Å². The van der Waals surface area contributed by atoms with E-state index in [1.165, 1.54) is 24.3 Å². The van der Waals surface area contributed by atoms with Crippen LogP contribution in [-0.2, 0) is 10.0 Å². The second-order valence-electron chi connectivity index (χ2n) is 6.94. The summed E-state index contributed by atoms with van der Waals surface area (Å²) in [5.74, 6) is 0.389. The van der Waals surface area contributed by atoms with Gasteiger partial charge in [-0.2, -0.15) is 5.10 Å². The average Bonchev–Trinajstić information content (AvgIpc) is 3.19. The Morgan fingerprint density at radius 2 is 1.80 bits per heavy atom. The van der Waals surface area contributed by atoms with Gasteiger partial charge in [0.25, 0.3) is 0 Å². The molecule has 1 heterocycles. The molecule has 1 unspecified atom stereocenters. The highest BCUT2D eigenvalue weighted by atomic mass is 32.2. The smallest absolute Gasteiger partial charge is 0.238 e. The molecule has 0 aromatic heterocycles. The number of sulfonamides is 1.